The summed E-state index contributed by atoms with van der Waals surface area (Å²) in [6.07, 6.45) is 6.87. The maximum Gasteiger partial charge on any atom is 0.378 e. The quantitative estimate of drug-likeness (QED) is 0.502. The first kappa shape index (κ1) is 23.0. The number of halogens is 2. The van der Waals surface area contributed by atoms with Crippen molar-refractivity contribution >= 4 is 11.9 Å². The summed E-state index contributed by atoms with van der Waals surface area (Å²) in [7, 11) is 0. The van der Waals surface area contributed by atoms with Crippen LogP contribution in [0.4, 0.5) is 8.78 Å². The average Bonchev–Trinajstić information content (AvgIpc) is 3.40. The molecule has 3 saturated carbocycles. The Bertz CT molecular complexity index is 833. The minimum atomic E-state index is -4.13. The number of alkyl halides is 2. The van der Waals surface area contributed by atoms with E-state index in [-0.39, 0.29) is 11.2 Å². The van der Waals surface area contributed by atoms with Crippen LogP contribution in [0.25, 0.3) is 0 Å². The summed E-state index contributed by atoms with van der Waals surface area (Å²) in [5.74, 6) is -6.06. The van der Waals surface area contributed by atoms with Gasteiger partial charge in [-0.05, 0) is 81.0 Å². The van der Waals surface area contributed by atoms with Gasteiger partial charge in [0.1, 0.15) is 11.4 Å². The Morgan fingerprint density at radius 2 is 1.81 bits per heavy atom. The average molecular weight is 451 g/mol. The molecule has 4 atom stereocenters. The van der Waals surface area contributed by atoms with Crippen molar-refractivity contribution in [3.8, 4) is 5.75 Å². The van der Waals surface area contributed by atoms with Gasteiger partial charge in [-0.2, -0.15) is 8.78 Å². The Morgan fingerprint density at radius 3 is 2.34 bits per heavy atom. The number of hydrogen-bond donors (Lipinski definition) is 1. The monoisotopic (exact) mass is 450 g/mol. The molecule has 7 heteroatoms. The third kappa shape index (κ3) is 4.35. The van der Waals surface area contributed by atoms with Crippen LogP contribution in [0.3, 0.4) is 0 Å². The lowest BCUT2D eigenvalue weighted by Gasteiger charge is -2.37. The summed E-state index contributed by atoms with van der Waals surface area (Å²) in [4.78, 5) is 23.8. The first-order valence-corrected chi connectivity index (χ1v) is 11.9. The van der Waals surface area contributed by atoms with Crippen LogP contribution in [0.1, 0.15) is 81.5 Å². The number of fused-ring (bicyclic) bond motifs is 2. The molecule has 0 aromatic heterocycles. The molecule has 2 bridgehead atoms. The molecule has 0 aliphatic heterocycles. The normalized spacial score (nSPS) is 29.0. The number of benzene rings is 1. The number of hydrogen-bond acceptors (Lipinski definition) is 4. The third-order valence-electron chi connectivity index (χ3n) is 7.88. The molecule has 0 spiro atoms. The van der Waals surface area contributed by atoms with E-state index >= 15 is 0 Å². The number of ether oxygens (including phenoxy) is 2. The summed E-state index contributed by atoms with van der Waals surface area (Å²) in [6, 6.07) is 6.35. The summed E-state index contributed by atoms with van der Waals surface area (Å²) < 4.78 is 40.4. The smallest absolute Gasteiger partial charge is 0.378 e. The van der Waals surface area contributed by atoms with Crippen LogP contribution in [0, 0.1) is 17.8 Å². The van der Waals surface area contributed by atoms with Crippen molar-refractivity contribution in [2.45, 2.75) is 88.8 Å². The highest BCUT2D eigenvalue weighted by Gasteiger charge is 2.54. The molecule has 0 amide bonds. The number of carbonyl (C=O) groups excluding carboxylic acids is 1. The van der Waals surface area contributed by atoms with E-state index in [0.29, 0.717) is 24.5 Å². The Labute approximate surface area is 187 Å². The SMILES string of the molecule is CCC1(Oc2ccc(C(=O)OC(C3CCCCC3)C(F)(F)C(=O)O)cc2)CC2CCC1C2. The van der Waals surface area contributed by atoms with Gasteiger partial charge in [-0.1, -0.05) is 26.2 Å². The van der Waals surface area contributed by atoms with Crippen LogP contribution in [0.5, 0.6) is 5.75 Å². The second-order valence-electron chi connectivity index (χ2n) is 9.78. The van der Waals surface area contributed by atoms with E-state index in [9.17, 15) is 18.4 Å². The molecule has 3 aliphatic rings. The van der Waals surface area contributed by atoms with Gasteiger partial charge in [-0.25, -0.2) is 9.59 Å². The minimum absolute atomic E-state index is 0.109. The van der Waals surface area contributed by atoms with E-state index < -0.39 is 29.9 Å². The molecule has 0 heterocycles. The van der Waals surface area contributed by atoms with Crippen LogP contribution in [0.15, 0.2) is 24.3 Å². The van der Waals surface area contributed by atoms with Gasteiger partial charge in [-0.15, -0.1) is 0 Å². The van der Waals surface area contributed by atoms with Crippen LogP contribution < -0.4 is 4.74 Å². The number of carbonyl (C=O) groups is 2. The largest absolute Gasteiger partial charge is 0.487 e. The van der Waals surface area contributed by atoms with Crippen molar-refractivity contribution in [1.29, 1.82) is 0 Å². The highest BCUT2D eigenvalue weighted by Crippen LogP contribution is 2.54. The van der Waals surface area contributed by atoms with E-state index in [2.05, 4.69) is 6.92 Å². The number of carboxylic acid groups (broad SMARTS) is 1. The van der Waals surface area contributed by atoms with E-state index in [1.807, 2.05) is 0 Å². The van der Waals surface area contributed by atoms with E-state index in [4.69, 9.17) is 14.6 Å². The van der Waals surface area contributed by atoms with Gasteiger partial charge in [-0.3, -0.25) is 0 Å². The molecule has 1 aromatic rings. The van der Waals surface area contributed by atoms with E-state index in [1.54, 1.807) is 12.1 Å². The van der Waals surface area contributed by atoms with Crippen molar-refractivity contribution in [1.82, 2.24) is 0 Å². The fourth-order valence-corrected chi connectivity index (χ4v) is 6.13. The van der Waals surface area contributed by atoms with Gasteiger partial charge >= 0.3 is 17.9 Å². The molecule has 1 aromatic carbocycles. The van der Waals surface area contributed by atoms with Gasteiger partial charge in [0.25, 0.3) is 0 Å². The Morgan fingerprint density at radius 1 is 1.12 bits per heavy atom. The van der Waals surface area contributed by atoms with Crippen molar-refractivity contribution in [2.75, 3.05) is 0 Å². The predicted octanol–water partition coefficient (Wildman–Crippen LogP) is 5.86. The summed E-state index contributed by atoms with van der Waals surface area (Å²) >= 11 is 0. The van der Waals surface area contributed by atoms with Crippen molar-refractivity contribution < 1.29 is 33.0 Å². The first-order chi connectivity index (χ1) is 15.2. The molecule has 4 unspecified atom stereocenters. The zero-order valence-corrected chi connectivity index (χ0v) is 18.5. The van der Waals surface area contributed by atoms with Gasteiger partial charge in [0.05, 0.1) is 5.56 Å². The molecule has 4 rings (SSSR count). The van der Waals surface area contributed by atoms with Crippen LogP contribution in [-0.4, -0.2) is 34.7 Å². The number of esters is 1. The predicted molar refractivity (Wildman–Crippen MR) is 114 cm³/mol. The van der Waals surface area contributed by atoms with Gasteiger partial charge < -0.3 is 14.6 Å². The molecule has 176 valence electrons. The summed E-state index contributed by atoms with van der Waals surface area (Å²) in [6.45, 7) is 2.14. The van der Waals surface area contributed by atoms with Gasteiger partial charge in [0.2, 0.25) is 0 Å². The lowest BCUT2D eigenvalue weighted by molar-refractivity contribution is -0.189. The summed E-state index contributed by atoms with van der Waals surface area (Å²) in [5, 5.41) is 9.03. The first-order valence-electron chi connectivity index (χ1n) is 11.9. The lowest BCUT2D eigenvalue weighted by atomic mass is 9.82. The Balaban J connectivity index is 1.45. The van der Waals surface area contributed by atoms with E-state index in [0.717, 1.165) is 38.0 Å². The minimum Gasteiger partial charge on any atom is -0.487 e. The molecule has 3 fully saturated rings. The van der Waals surface area contributed by atoms with Crippen molar-refractivity contribution in [2.24, 2.45) is 17.8 Å². The van der Waals surface area contributed by atoms with Crippen molar-refractivity contribution in [3.05, 3.63) is 29.8 Å². The molecular formula is C25H32F2O5. The van der Waals surface area contributed by atoms with Crippen LogP contribution >= 0.6 is 0 Å². The molecule has 5 nitrogen and oxygen atoms in total. The highest BCUT2D eigenvalue weighted by atomic mass is 19.3. The molecular weight excluding hydrogens is 418 g/mol. The fraction of sp³-hybridized carbons (Fsp3) is 0.680. The molecule has 0 radical (unpaired) electrons. The van der Waals surface area contributed by atoms with Gasteiger partial charge in [0, 0.05) is 5.92 Å². The maximum atomic E-state index is 14.4. The number of rotatable bonds is 8. The maximum absolute atomic E-state index is 14.4. The standard InChI is InChI=1S/C25H32F2O5/c1-2-24(15-16-8-11-19(24)14-16)32-20-12-9-18(10-13-20)22(28)31-21(25(26,27)23(29)30)17-6-4-3-5-7-17/h9-10,12-13,16-17,19,21H,2-8,11,14-15H2,1H3,(H,29,30). The zero-order chi connectivity index (χ0) is 22.9. The summed E-state index contributed by atoms with van der Waals surface area (Å²) in [5.41, 5.74) is -0.0570. The third-order valence-corrected chi connectivity index (χ3v) is 7.88. The fourth-order valence-electron chi connectivity index (χ4n) is 6.13. The van der Waals surface area contributed by atoms with Crippen molar-refractivity contribution in [3.63, 3.8) is 0 Å². The second kappa shape index (κ2) is 8.99. The Hall–Kier alpha value is -2.18. The molecule has 3 aliphatic carbocycles. The van der Waals surface area contributed by atoms with Crippen LogP contribution in [0.2, 0.25) is 0 Å². The highest BCUT2D eigenvalue weighted by molar-refractivity contribution is 5.90. The number of carboxylic acids is 1. The zero-order valence-electron chi connectivity index (χ0n) is 18.5. The lowest BCUT2D eigenvalue weighted by Crippen LogP contribution is -2.48. The second-order valence-corrected chi connectivity index (χ2v) is 9.78. The van der Waals surface area contributed by atoms with Gasteiger partial charge in [0.15, 0.2) is 6.10 Å². The topological polar surface area (TPSA) is 72.8 Å². The number of aliphatic carboxylic acids is 1. The molecule has 0 saturated heterocycles. The van der Waals surface area contributed by atoms with E-state index in [1.165, 1.54) is 31.4 Å². The Kier molecular flexibility index (Phi) is 6.46. The van der Waals surface area contributed by atoms with Crippen LogP contribution in [-0.2, 0) is 9.53 Å². The molecule has 1 N–H and O–H groups in total. The molecule has 32 heavy (non-hydrogen) atoms.